The van der Waals surface area contributed by atoms with Gasteiger partial charge in [0.1, 0.15) is 11.6 Å². The molecule has 0 bridgehead atoms. The minimum absolute atomic E-state index is 0.0638. The number of nitrogens with one attached hydrogen (secondary N) is 1. The summed E-state index contributed by atoms with van der Waals surface area (Å²) in [6, 6.07) is 6.35. The van der Waals surface area contributed by atoms with Crippen LogP contribution in [0.15, 0.2) is 28.7 Å². The first kappa shape index (κ1) is 15.0. The molecule has 112 valence electrons. The van der Waals surface area contributed by atoms with E-state index in [1.54, 1.807) is 25.1 Å². The van der Waals surface area contributed by atoms with Crippen LogP contribution in [0.5, 0.6) is 0 Å². The first-order valence-electron chi connectivity index (χ1n) is 6.86. The third kappa shape index (κ3) is 3.39. The number of hydrogen-bond acceptors (Lipinski definition) is 5. The summed E-state index contributed by atoms with van der Waals surface area (Å²) in [5, 5.41) is 2.61. The monoisotopic (exact) mass is 290 g/mol. The average Bonchev–Trinajstić information content (AvgIpc) is 2.88. The van der Waals surface area contributed by atoms with Crippen LogP contribution >= 0.6 is 0 Å². The maximum Gasteiger partial charge on any atom is 0.328 e. The van der Waals surface area contributed by atoms with E-state index in [1.807, 2.05) is 19.9 Å². The molecule has 2 rings (SSSR count). The Kier molecular flexibility index (Phi) is 4.57. The molecule has 6 nitrogen and oxygen atoms in total. The van der Waals surface area contributed by atoms with E-state index < -0.39 is 17.9 Å². The molecule has 2 aromatic rings. The number of ether oxygens (including phenoxy) is 1. The summed E-state index contributed by atoms with van der Waals surface area (Å²) in [6.07, 6.45) is 0. The van der Waals surface area contributed by atoms with Crippen LogP contribution in [0.25, 0.3) is 11.1 Å². The summed E-state index contributed by atoms with van der Waals surface area (Å²) in [5.41, 5.74) is 1.12. The number of oxazole rings is 1. The highest BCUT2D eigenvalue weighted by atomic mass is 16.5. The second kappa shape index (κ2) is 6.39. The lowest BCUT2D eigenvalue weighted by Crippen LogP contribution is -2.45. The number of esters is 1. The van der Waals surface area contributed by atoms with Crippen molar-refractivity contribution >= 4 is 23.0 Å². The van der Waals surface area contributed by atoms with Crippen LogP contribution in [0, 0.1) is 5.92 Å². The Morgan fingerprint density at radius 2 is 2.05 bits per heavy atom. The molecule has 0 fully saturated rings. The predicted molar refractivity (Wildman–Crippen MR) is 76.7 cm³/mol. The Morgan fingerprint density at radius 3 is 2.67 bits per heavy atom. The Labute approximate surface area is 122 Å². The number of rotatable bonds is 5. The largest absolute Gasteiger partial charge is 0.464 e. The van der Waals surface area contributed by atoms with Gasteiger partial charge in [-0.2, -0.15) is 0 Å². The lowest BCUT2D eigenvalue weighted by atomic mass is 10.0. The number of carbonyl (C=O) groups is 2. The van der Waals surface area contributed by atoms with Crippen molar-refractivity contribution in [3.63, 3.8) is 0 Å². The molecule has 0 saturated carbocycles. The van der Waals surface area contributed by atoms with Gasteiger partial charge < -0.3 is 14.5 Å². The van der Waals surface area contributed by atoms with Gasteiger partial charge in [0, 0.05) is 0 Å². The van der Waals surface area contributed by atoms with Gasteiger partial charge in [0.25, 0.3) is 5.89 Å². The Morgan fingerprint density at radius 1 is 1.33 bits per heavy atom. The van der Waals surface area contributed by atoms with Crippen molar-refractivity contribution in [1.82, 2.24) is 10.3 Å². The van der Waals surface area contributed by atoms with Crippen LogP contribution in [-0.4, -0.2) is 29.5 Å². The molecule has 0 spiro atoms. The number of carbonyl (C=O) groups excluding carboxylic acids is 2. The van der Waals surface area contributed by atoms with Crippen LogP contribution in [-0.2, 0) is 9.53 Å². The van der Waals surface area contributed by atoms with Gasteiger partial charge >= 0.3 is 11.9 Å². The highest BCUT2D eigenvalue weighted by Gasteiger charge is 2.27. The number of amides is 1. The molecule has 1 amide bonds. The van der Waals surface area contributed by atoms with E-state index >= 15 is 0 Å². The zero-order valence-corrected chi connectivity index (χ0v) is 12.3. The highest BCUT2D eigenvalue weighted by molar-refractivity contribution is 5.95. The molecule has 1 heterocycles. The number of para-hydroxylation sites is 2. The predicted octanol–water partition coefficient (Wildman–Crippen LogP) is 2.15. The molecule has 1 aromatic carbocycles. The molecule has 6 heteroatoms. The van der Waals surface area contributed by atoms with Gasteiger partial charge in [-0.05, 0) is 25.0 Å². The van der Waals surface area contributed by atoms with Crippen molar-refractivity contribution in [2.24, 2.45) is 5.92 Å². The first-order valence-corrected chi connectivity index (χ1v) is 6.86. The molecule has 0 aliphatic heterocycles. The first-order chi connectivity index (χ1) is 10.0. The summed E-state index contributed by atoms with van der Waals surface area (Å²) < 4.78 is 10.3. The molecule has 21 heavy (non-hydrogen) atoms. The minimum Gasteiger partial charge on any atom is -0.464 e. The van der Waals surface area contributed by atoms with E-state index in [9.17, 15) is 9.59 Å². The van der Waals surface area contributed by atoms with Crippen LogP contribution in [0.4, 0.5) is 0 Å². The fraction of sp³-hybridized carbons (Fsp3) is 0.400. The number of nitrogens with zero attached hydrogens (tertiary/aromatic N) is 1. The van der Waals surface area contributed by atoms with Gasteiger partial charge in [0.15, 0.2) is 5.58 Å². The number of benzene rings is 1. The third-order valence-corrected chi connectivity index (χ3v) is 2.98. The molecule has 0 aliphatic rings. The molecule has 0 radical (unpaired) electrons. The average molecular weight is 290 g/mol. The minimum atomic E-state index is -0.729. The van der Waals surface area contributed by atoms with Crippen molar-refractivity contribution in [3.8, 4) is 0 Å². The van der Waals surface area contributed by atoms with E-state index in [1.165, 1.54) is 0 Å². The van der Waals surface area contributed by atoms with Crippen molar-refractivity contribution in [3.05, 3.63) is 30.2 Å². The van der Waals surface area contributed by atoms with Gasteiger partial charge in [-0.3, -0.25) is 4.79 Å². The molecule has 1 N–H and O–H groups in total. The second-order valence-corrected chi connectivity index (χ2v) is 4.93. The topological polar surface area (TPSA) is 81.4 Å². The summed E-state index contributed by atoms with van der Waals surface area (Å²) in [6.45, 7) is 5.64. The zero-order valence-electron chi connectivity index (χ0n) is 12.3. The van der Waals surface area contributed by atoms with E-state index in [2.05, 4.69) is 10.3 Å². The van der Waals surface area contributed by atoms with Crippen molar-refractivity contribution in [1.29, 1.82) is 0 Å². The van der Waals surface area contributed by atoms with Crippen LogP contribution in [0.3, 0.4) is 0 Å². The van der Waals surface area contributed by atoms with Crippen molar-refractivity contribution in [2.75, 3.05) is 6.61 Å². The highest BCUT2D eigenvalue weighted by Crippen LogP contribution is 2.15. The van der Waals surface area contributed by atoms with Crippen LogP contribution in [0.2, 0.25) is 0 Å². The Balaban J connectivity index is 2.16. The fourth-order valence-electron chi connectivity index (χ4n) is 1.90. The number of fused-ring (bicyclic) bond motifs is 1. The molecular formula is C15H18N2O4. The van der Waals surface area contributed by atoms with Gasteiger partial charge in [-0.25, -0.2) is 9.78 Å². The van der Waals surface area contributed by atoms with Crippen LogP contribution in [0.1, 0.15) is 31.5 Å². The standard InChI is InChI=1S/C15H18N2O4/c1-4-20-15(19)12(9(2)3)17-13(18)14-16-10-7-5-6-8-11(10)21-14/h5-9,12H,4H2,1-3H3,(H,17,18). The van der Waals surface area contributed by atoms with Crippen molar-refractivity contribution < 1.29 is 18.7 Å². The van der Waals surface area contributed by atoms with Crippen LogP contribution < -0.4 is 5.32 Å². The molecule has 1 aromatic heterocycles. The van der Waals surface area contributed by atoms with E-state index in [0.717, 1.165) is 0 Å². The number of hydrogen-bond donors (Lipinski definition) is 1. The Hall–Kier alpha value is -2.37. The van der Waals surface area contributed by atoms with E-state index in [-0.39, 0.29) is 18.4 Å². The Bertz CT molecular complexity index is 615. The number of aromatic nitrogens is 1. The van der Waals surface area contributed by atoms with E-state index in [0.29, 0.717) is 11.1 Å². The summed E-state index contributed by atoms with van der Waals surface area (Å²) in [5.74, 6) is -1.15. The molecular weight excluding hydrogens is 272 g/mol. The van der Waals surface area contributed by atoms with Gasteiger partial charge in [-0.1, -0.05) is 26.0 Å². The van der Waals surface area contributed by atoms with Crippen molar-refractivity contribution in [2.45, 2.75) is 26.8 Å². The smallest absolute Gasteiger partial charge is 0.328 e. The maximum absolute atomic E-state index is 12.2. The fourth-order valence-corrected chi connectivity index (χ4v) is 1.90. The second-order valence-electron chi connectivity index (χ2n) is 4.93. The summed E-state index contributed by atoms with van der Waals surface area (Å²) in [4.78, 5) is 28.1. The molecule has 0 saturated heterocycles. The molecule has 0 aliphatic carbocycles. The normalized spacial score (nSPS) is 12.4. The zero-order chi connectivity index (χ0) is 15.4. The molecule has 1 unspecified atom stereocenters. The van der Waals surface area contributed by atoms with E-state index in [4.69, 9.17) is 9.15 Å². The molecule has 1 atom stereocenters. The van der Waals surface area contributed by atoms with Gasteiger partial charge in [-0.15, -0.1) is 0 Å². The maximum atomic E-state index is 12.2. The lowest BCUT2D eigenvalue weighted by Gasteiger charge is -2.19. The summed E-state index contributed by atoms with van der Waals surface area (Å²) in [7, 11) is 0. The lowest BCUT2D eigenvalue weighted by molar-refractivity contribution is -0.146. The SMILES string of the molecule is CCOC(=O)C(NC(=O)c1nc2ccccc2o1)C(C)C. The quantitative estimate of drug-likeness (QED) is 0.853. The van der Waals surface area contributed by atoms with Gasteiger partial charge in [0.2, 0.25) is 0 Å². The van der Waals surface area contributed by atoms with Gasteiger partial charge in [0.05, 0.1) is 6.61 Å². The summed E-state index contributed by atoms with van der Waals surface area (Å²) >= 11 is 0. The third-order valence-electron chi connectivity index (χ3n) is 2.98.